The van der Waals surface area contributed by atoms with Gasteiger partial charge in [0.25, 0.3) is 0 Å². The predicted molar refractivity (Wildman–Crippen MR) is 55.2 cm³/mol. The van der Waals surface area contributed by atoms with Gasteiger partial charge in [-0.1, -0.05) is 6.92 Å². The fourth-order valence-corrected chi connectivity index (χ4v) is 1.74. The van der Waals surface area contributed by atoms with Gasteiger partial charge in [-0.2, -0.15) is 0 Å². The van der Waals surface area contributed by atoms with E-state index in [2.05, 4.69) is 22.1 Å². The number of nitrogens with zero attached hydrogens (tertiary/aromatic N) is 2. The van der Waals surface area contributed by atoms with Gasteiger partial charge in [0.2, 0.25) is 0 Å². The summed E-state index contributed by atoms with van der Waals surface area (Å²) < 4.78 is 0. The second kappa shape index (κ2) is 3.64. The molecule has 0 saturated carbocycles. The van der Waals surface area contributed by atoms with E-state index >= 15 is 0 Å². The Hall–Kier alpha value is -1.25. The highest BCUT2D eigenvalue weighted by Gasteiger charge is 2.14. The van der Waals surface area contributed by atoms with Crippen molar-refractivity contribution in [2.75, 3.05) is 29.9 Å². The van der Waals surface area contributed by atoms with Gasteiger partial charge in [0.05, 0.1) is 17.6 Å². The molecule has 0 aromatic carbocycles. The molecule has 0 bridgehead atoms. The summed E-state index contributed by atoms with van der Waals surface area (Å²) in [5, 5.41) is 3.37. The molecular weight excluding hydrogens is 162 g/mol. The molecule has 0 aliphatic carbocycles. The first-order valence-corrected chi connectivity index (χ1v) is 4.84. The minimum absolute atomic E-state index is 1.04. The lowest BCUT2D eigenvalue weighted by atomic mass is 10.2. The van der Waals surface area contributed by atoms with Crippen LogP contribution in [-0.2, 0) is 0 Å². The van der Waals surface area contributed by atoms with Crippen molar-refractivity contribution in [1.82, 2.24) is 4.98 Å². The average Bonchev–Trinajstić information content (AvgIpc) is 2.19. The lowest BCUT2D eigenvalue weighted by Crippen LogP contribution is -2.34. The van der Waals surface area contributed by atoms with E-state index in [1.54, 1.807) is 0 Å². The summed E-state index contributed by atoms with van der Waals surface area (Å²) in [5.74, 6) is 0. The van der Waals surface area contributed by atoms with Crippen LogP contribution in [0.5, 0.6) is 0 Å². The second-order valence-electron chi connectivity index (χ2n) is 3.31. The molecule has 0 unspecified atom stereocenters. The van der Waals surface area contributed by atoms with E-state index in [4.69, 9.17) is 0 Å². The summed E-state index contributed by atoms with van der Waals surface area (Å²) >= 11 is 0. The monoisotopic (exact) mass is 177 g/mol. The zero-order valence-corrected chi connectivity index (χ0v) is 7.95. The number of hydrogen-bond donors (Lipinski definition) is 1. The minimum atomic E-state index is 1.04. The van der Waals surface area contributed by atoms with Gasteiger partial charge in [-0.3, -0.25) is 4.98 Å². The summed E-state index contributed by atoms with van der Waals surface area (Å²) in [7, 11) is 0. The smallest absolute Gasteiger partial charge is 0.0788 e. The molecule has 1 aromatic heterocycles. The zero-order chi connectivity index (χ0) is 9.10. The minimum Gasteiger partial charge on any atom is -0.382 e. The van der Waals surface area contributed by atoms with Gasteiger partial charge in [0.1, 0.15) is 0 Å². The standard InChI is InChI=1S/C10H15N3/c1-2-6-13-7-5-12-9-3-4-11-8-10(9)13/h3-4,8,12H,2,5-7H2,1H3. The Morgan fingerprint density at radius 2 is 2.54 bits per heavy atom. The maximum Gasteiger partial charge on any atom is 0.0788 e. The van der Waals surface area contributed by atoms with Gasteiger partial charge in [0, 0.05) is 25.8 Å². The maximum absolute atomic E-state index is 4.15. The molecule has 0 radical (unpaired) electrons. The van der Waals surface area contributed by atoms with Crippen LogP contribution >= 0.6 is 0 Å². The van der Waals surface area contributed by atoms with Crippen molar-refractivity contribution in [3.63, 3.8) is 0 Å². The topological polar surface area (TPSA) is 28.2 Å². The van der Waals surface area contributed by atoms with Crippen LogP contribution < -0.4 is 10.2 Å². The van der Waals surface area contributed by atoms with Crippen LogP contribution in [-0.4, -0.2) is 24.6 Å². The van der Waals surface area contributed by atoms with Gasteiger partial charge in [-0.15, -0.1) is 0 Å². The summed E-state index contributed by atoms with van der Waals surface area (Å²) in [6, 6.07) is 2.04. The number of rotatable bonds is 2. The van der Waals surface area contributed by atoms with E-state index in [1.165, 1.54) is 17.8 Å². The SMILES string of the molecule is CCCN1CCNc2ccncc21. The van der Waals surface area contributed by atoms with Gasteiger partial charge in [-0.25, -0.2) is 0 Å². The Morgan fingerprint density at radius 3 is 3.38 bits per heavy atom. The van der Waals surface area contributed by atoms with E-state index in [-0.39, 0.29) is 0 Å². The average molecular weight is 177 g/mol. The van der Waals surface area contributed by atoms with Crippen molar-refractivity contribution in [3.05, 3.63) is 18.5 Å². The largest absolute Gasteiger partial charge is 0.382 e. The third-order valence-corrected chi connectivity index (χ3v) is 2.33. The fourth-order valence-electron chi connectivity index (χ4n) is 1.74. The van der Waals surface area contributed by atoms with E-state index in [1.807, 2.05) is 18.5 Å². The van der Waals surface area contributed by atoms with E-state index in [0.717, 1.165) is 19.6 Å². The van der Waals surface area contributed by atoms with Gasteiger partial charge >= 0.3 is 0 Å². The zero-order valence-electron chi connectivity index (χ0n) is 7.95. The molecule has 0 amide bonds. The van der Waals surface area contributed by atoms with Crippen LogP contribution in [0.25, 0.3) is 0 Å². The Kier molecular flexibility index (Phi) is 2.34. The van der Waals surface area contributed by atoms with Crippen LogP contribution in [0.1, 0.15) is 13.3 Å². The molecular formula is C10H15N3. The van der Waals surface area contributed by atoms with Crippen LogP contribution in [0.15, 0.2) is 18.5 Å². The molecule has 1 N–H and O–H groups in total. The quantitative estimate of drug-likeness (QED) is 0.745. The third kappa shape index (κ3) is 1.59. The molecule has 0 spiro atoms. The first kappa shape index (κ1) is 8.35. The molecule has 3 nitrogen and oxygen atoms in total. The molecule has 2 heterocycles. The van der Waals surface area contributed by atoms with E-state index in [9.17, 15) is 0 Å². The van der Waals surface area contributed by atoms with Crippen LogP contribution in [0.2, 0.25) is 0 Å². The summed E-state index contributed by atoms with van der Waals surface area (Å²) in [4.78, 5) is 6.54. The molecule has 0 fully saturated rings. The van der Waals surface area contributed by atoms with Crippen molar-refractivity contribution in [1.29, 1.82) is 0 Å². The first-order valence-electron chi connectivity index (χ1n) is 4.84. The molecule has 1 aromatic rings. The molecule has 1 aliphatic rings. The molecule has 3 heteroatoms. The first-order chi connectivity index (χ1) is 6.42. The van der Waals surface area contributed by atoms with Gasteiger partial charge in [0.15, 0.2) is 0 Å². The lowest BCUT2D eigenvalue weighted by molar-refractivity contribution is 0.757. The molecule has 1 aliphatic heterocycles. The second-order valence-corrected chi connectivity index (χ2v) is 3.31. The van der Waals surface area contributed by atoms with Gasteiger partial charge < -0.3 is 10.2 Å². The Bertz CT molecular complexity index is 285. The molecule has 0 atom stereocenters. The summed E-state index contributed by atoms with van der Waals surface area (Å²) in [5.41, 5.74) is 2.46. The summed E-state index contributed by atoms with van der Waals surface area (Å²) in [6.07, 6.45) is 4.97. The van der Waals surface area contributed by atoms with Crippen molar-refractivity contribution in [2.24, 2.45) is 0 Å². The van der Waals surface area contributed by atoms with Crippen LogP contribution in [0.4, 0.5) is 11.4 Å². The molecule has 0 saturated heterocycles. The van der Waals surface area contributed by atoms with E-state index < -0.39 is 0 Å². The van der Waals surface area contributed by atoms with Crippen LogP contribution in [0.3, 0.4) is 0 Å². The van der Waals surface area contributed by atoms with Crippen molar-refractivity contribution in [2.45, 2.75) is 13.3 Å². The number of aromatic nitrogens is 1. The summed E-state index contributed by atoms with van der Waals surface area (Å²) in [6.45, 7) is 5.46. The molecule has 2 rings (SSSR count). The molecule has 70 valence electrons. The number of fused-ring (bicyclic) bond motifs is 1. The third-order valence-electron chi connectivity index (χ3n) is 2.33. The Morgan fingerprint density at radius 1 is 1.62 bits per heavy atom. The highest BCUT2D eigenvalue weighted by Crippen LogP contribution is 2.26. The predicted octanol–water partition coefficient (Wildman–Crippen LogP) is 1.72. The van der Waals surface area contributed by atoms with Gasteiger partial charge in [-0.05, 0) is 12.5 Å². The number of anilines is 2. The van der Waals surface area contributed by atoms with Crippen molar-refractivity contribution < 1.29 is 0 Å². The normalized spacial score (nSPS) is 15.0. The highest BCUT2D eigenvalue weighted by atomic mass is 15.2. The van der Waals surface area contributed by atoms with Crippen molar-refractivity contribution in [3.8, 4) is 0 Å². The molecule has 13 heavy (non-hydrogen) atoms. The highest BCUT2D eigenvalue weighted by molar-refractivity contribution is 5.70. The number of hydrogen-bond acceptors (Lipinski definition) is 3. The Labute approximate surface area is 78.8 Å². The number of nitrogens with one attached hydrogen (secondary N) is 1. The van der Waals surface area contributed by atoms with Crippen molar-refractivity contribution >= 4 is 11.4 Å². The Balaban J connectivity index is 2.26. The lowest BCUT2D eigenvalue weighted by Gasteiger charge is -2.31. The fraction of sp³-hybridized carbons (Fsp3) is 0.500. The maximum atomic E-state index is 4.15. The van der Waals surface area contributed by atoms with Crippen LogP contribution in [0, 0.1) is 0 Å². The van der Waals surface area contributed by atoms with E-state index in [0.29, 0.717) is 0 Å². The number of pyridine rings is 1.